The predicted octanol–water partition coefficient (Wildman–Crippen LogP) is 3.35. The Kier molecular flexibility index (Phi) is 3.38. The standard InChI is InChI=1S/C14H12N2O2/c15-13-7-3-1-5-11(13)9-10-12-6-2-4-8-14(12)16(17)18/h1-10H,15H2. The summed E-state index contributed by atoms with van der Waals surface area (Å²) in [5.74, 6) is 0. The van der Waals surface area contributed by atoms with Gasteiger partial charge in [-0.25, -0.2) is 0 Å². The first-order chi connectivity index (χ1) is 8.68. The number of nitrogens with two attached hydrogens (primary N) is 1. The lowest BCUT2D eigenvalue weighted by molar-refractivity contribution is -0.385. The zero-order chi connectivity index (χ0) is 13.0. The molecule has 0 spiro atoms. The van der Waals surface area contributed by atoms with Crippen LogP contribution in [0.5, 0.6) is 0 Å². The van der Waals surface area contributed by atoms with Crippen LogP contribution < -0.4 is 5.73 Å². The quantitative estimate of drug-likeness (QED) is 0.387. The van der Waals surface area contributed by atoms with Gasteiger partial charge in [0.1, 0.15) is 0 Å². The van der Waals surface area contributed by atoms with Gasteiger partial charge in [-0.15, -0.1) is 0 Å². The number of hydrogen-bond donors (Lipinski definition) is 1. The second-order valence-electron chi connectivity index (χ2n) is 3.78. The molecule has 0 aliphatic heterocycles. The van der Waals surface area contributed by atoms with E-state index in [9.17, 15) is 10.1 Å². The molecule has 0 heterocycles. The van der Waals surface area contributed by atoms with E-state index in [0.29, 0.717) is 11.3 Å². The van der Waals surface area contributed by atoms with Gasteiger partial charge in [0, 0.05) is 11.8 Å². The molecule has 0 radical (unpaired) electrons. The van der Waals surface area contributed by atoms with E-state index in [1.165, 1.54) is 6.07 Å². The minimum Gasteiger partial charge on any atom is -0.398 e. The second kappa shape index (κ2) is 5.14. The lowest BCUT2D eigenvalue weighted by Crippen LogP contribution is -1.91. The van der Waals surface area contributed by atoms with Crippen molar-refractivity contribution in [1.29, 1.82) is 0 Å². The van der Waals surface area contributed by atoms with Gasteiger partial charge in [-0.1, -0.05) is 36.4 Å². The topological polar surface area (TPSA) is 69.2 Å². The minimum atomic E-state index is -0.395. The SMILES string of the molecule is Nc1ccccc1C=Cc1ccccc1[N+](=O)[O-]. The van der Waals surface area contributed by atoms with Gasteiger partial charge in [-0.3, -0.25) is 10.1 Å². The van der Waals surface area contributed by atoms with Crippen molar-refractivity contribution in [2.75, 3.05) is 5.73 Å². The Hall–Kier alpha value is -2.62. The first-order valence-electron chi connectivity index (χ1n) is 5.44. The number of nitro benzene ring substituents is 1. The minimum absolute atomic E-state index is 0.0863. The van der Waals surface area contributed by atoms with Gasteiger partial charge in [-0.05, 0) is 23.8 Å². The summed E-state index contributed by atoms with van der Waals surface area (Å²) in [6.07, 6.45) is 3.47. The summed E-state index contributed by atoms with van der Waals surface area (Å²) in [4.78, 5) is 10.5. The van der Waals surface area contributed by atoms with Crippen molar-refractivity contribution in [3.63, 3.8) is 0 Å². The van der Waals surface area contributed by atoms with Crippen LogP contribution in [0, 0.1) is 10.1 Å². The van der Waals surface area contributed by atoms with Gasteiger partial charge in [-0.2, -0.15) is 0 Å². The molecule has 0 aromatic heterocycles. The van der Waals surface area contributed by atoms with Crippen LogP contribution in [-0.4, -0.2) is 4.92 Å². The molecule has 0 aliphatic rings. The van der Waals surface area contributed by atoms with Crippen LogP contribution in [-0.2, 0) is 0 Å². The molecule has 90 valence electrons. The van der Waals surface area contributed by atoms with E-state index in [1.807, 2.05) is 18.2 Å². The van der Waals surface area contributed by atoms with Crippen molar-refractivity contribution < 1.29 is 4.92 Å². The van der Waals surface area contributed by atoms with Crippen LogP contribution in [0.25, 0.3) is 12.2 Å². The predicted molar refractivity (Wildman–Crippen MR) is 72.9 cm³/mol. The molecule has 2 N–H and O–H groups in total. The van der Waals surface area contributed by atoms with Crippen LogP contribution in [0.15, 0.2) is 48.5 Å². The van der Waals surface area contributed by atoms with Crippen LogP contribution >= 0.6 is 0 Å². The van der Waals surface area contributed by atoms with E-state index < -0.39 is 4.92 Å². The smallest absolute Gasteiger partial charge is 0.276 e. The summed E-state index contributed by atoms with van der Waals surface area (Å²) in [5.41, 5.74) is 7.93. The van der Waals surface area contributed by atoms with E-state index in [1.54, 1.807) is 36.4 Å². The maximum Gasteiger partial charge on any atom is 0.276 e. The first kappa shape index (κ1) is 11.9. The Morgan fingerprint density at radius 3 is 2.17 bits per heavy atom. The molecular formula is C14H12N2O2. The fourth-order valence-electron chi connectivity index (χ4n) is 1.64. The zero-order valence-corrected chi connectivity index (χ0v) is 9.61. The van der Waals surface area contributed by atoms with E-state index in [2.05, 4.69) is 0 Å². The summed E-state index contributed by atoms with van der Waals surface area (Å²) >= 11 is 0. The third kappa shape index (κ3) is 2.55. The van der Waals surface area contributed by atoms with Crippen molar-refractivity contribution in [3.8, 4) is 0 Å². The molecule has 0 amide bonds. The molecule has 2 aromatic rings. The van der Waals surface area contributed by atoms with E-state index >= 15 is 0 Å². The second-order valence-corrected chi connectivity index (χ2v) is 3.78. The third-order valence-electron chi connectivity index (χ3n) is 2.57. The zero-order valence-electron chi connectivity index (χ0n) is 9.61. The summed E-state index contributed by atoms with van der Waals surface area (Å²) < 4.78 is 0. The highest BCUT2D eigenvalue weighted by molar-refractivity contribution is 5.78. The molecule has 0 bridgehead atoms. The molecule has 0 saturated carbocycles. The lowest BCUT2D eigenvalue weighted by Gasteiger charge is -1.99. The highest BCUT2D eigenvalue weighted by Gasteiger charge is 2.09. The van der Waals surface area contributed by atoms with E-state index in [-0.39, 0.29) is 5.69 Å². The van der Waals surface area contributed by atoms with Crippen LogP contribution in [0.3, 0.4) is 0 Å². The van der Waals surface area contributed by atoms with Gasteiger partial charge >= 0.3 is 0 Å². The molecule has 0 atom stereocenters. The summed E-state index contributed by atoms with van der Waals surface area (Å²) in [7, 11) is 0. The molecule has 4 nitrogen and oxygen atoms in total. The third-order valence-corrected chi connectivity index (χ3v) is 2.57. The maximum absolute atomic E-state index is 10.8. The Morgan fingerprint density at radius 1 is 0.944 bits per heavy atom. The monoisotopic (exact) mass is 240 g/mol. The molecule has 0 saturated heterocycles. The fraction of sp³-hybridized carbons (Fsp3) is 0. The van der Waals surface area contributed by atoms with Crippen molar-refractivity contribution in [2.45, 2.75) is 0 Å². The van der Waals surface area contributed by atoms with Crippen LogP contribution in [0.1, 0.15) is 11.1 Å². The summed E-state index contributed by atoms with van der Waals surface area (Å²) in [6.45, 7) is 0. The maximum atomic E-state index is 10.8. The number of nitrogens with zero attached hydrogens (tertiary/aromatic N) is 1. The fourth-order valence-corrected chi connectivity index (χ4v) is 1.64. The van der Waals surface area contributed by atoms with Gasteiger partial charge in [0.25, 0.3) is 5.69 Å². The average molecular weight is 240 g/mol. The molecule has 0 aliphatic carbocycles. The number of rotatable bonds is 3. The molecule has 0 fully saturated rings. The van der Waals surface area contributed by atoms with Crippen LogP contribution in [0.4, 0.5) is 11.4 Å². The molecule has 2 rings (SSSR count). The van der Waals surface area contributed by atoms with Gasteiger partial charge in [0.2, 0.25) is 0 Å². The number of benzene rings is 2. The number of para-hydroxylation sites is 2. The van der Waals surface area contributed by atoms with Crippen molar-refractivity contribution >= 4 is 23.5 Å². The Morgan fingerprint density at radius 2 is 1.50 bits per heavy atom. The molecule has 18 heavy (non-hydrogen) atoms. The molecule has 4 heteroatoms. The number of nitro groups is 1. The summed E-state index contributed by atoms with van der Waals surface area (Å²) in [6, 6.07) is 14.0. The molecule has 2 aromatic carbocycles. The van der Waals surface area contributed by atoms with E-state index in [0.717, 1.165) is 5.56 Å². The van der Waals surface area contributed by atoms with Gasteiger partial charge < -0.3 is 5.73 Å². The van der Waals surface area contributed by atoms with E-state index in [4.69, 9.17) is 5.73 Å². The van der Waals surface area contributed by atoms with Gasteiger partial charge in [0.05, 0.1) is 10.5 Å². The Balaban J connectivity index is 2.35. The Labute approximate surface area is 105 Å². The lowest BCUT2D eigenvalue weighted by atomic mass is 10.1. The highest BCUT2D eigenvalue weighted by Crippen LogP contribution is 2.21. The van der Waals surface area contributed by atoms with Gasteiger partial charge in [0.15, 0.2) is 0 Å². The number of hydrogen-bond acceptors (Lipinski definition) is 3. The van der Waals surface area contributed by atoms with Crippen molar-refractivity contribution in [2.24, 2.45) is 0 Å². The average Bonchev–Trinajstić information content (AvgIpc) is 2.38. The largest absolute Gasteiger partial charge is 0.398 e. The van der Waals surface area contributed by atoms with Crippen molar-refractivity contribution in [3.05, 3.63) is 69.8 Å². The molecule has 0 unspecified atom stereocenters. The normalized spacial score (nSPS) is 10.7. The number of anilines is 1. The molecular weight excluding hydrogens is 228 g/mol. The first-order valence-corrected chi connectivity index (χ1v) is 5.44. The number of nitrogen functional groups attached to an aromatic ring is 1. The van der Waals surface area contributed by atoms with Crippen LogP contribution in [0.2, 0.25) is 0 Å². The highest BCUT2D eigenvalue weighted by atomic mass is 16.6. The Bertz CT molecular complexity index is 606. The van der Waals surface area contributed by atoms with Crippen molar-refractivity contribution in [1.82, 2.24) is 0 Å². The summed E-state index contributed by atoms with van der Waals surface area (Å²) in [5, 5.41) is 10.8.